The Balaban J connectivity index is 2.33. The van der Waals surface area contributed by atoms with Crippen LogP contribution < -0.4 is 0 Å². The van der Waals surface area contributed by atoms with Gasteiger partial charge in [0, 0.05) is 12.8 Å². The lowest BCUT2D eigenvalue weighted by Crippen LogP contribution is -2.14. The average Bonchev–Trinajstić information content (AvgIpc) is 1.90. The second-order valence-electron chi connectivity index (χ2n) is 1.78. The number of nitrogens with zero attached hydrogens (tertiary/aromatic N) is 1. The molecule has 8 heavy (non-hydrogen) atoms. The second kappa shape index (κ2) is 2.67. The molecule has 1 N–H and O–H groups in total. The maximum Gasteiger partial charge on any atom is 0.0616 e. The highest BCUT2D eigenvalue weighted by atomic mass is 16.5. The highest BCUT2D eigenvalue weighted by molar-refractivity contribution is 5.84. The SMILES string of the molecule is ON=C1CCOCC1. The van der Waals surface area contributed by atoms with Crippen molar-refractivity contribution >= 4 is 5.71 Å². The van der Waals surface area contributed by atoms with Crippen molar-refractivity contribution in [2.24, 2.45) is 5.16 Å². The Morgan fingerprint density at radius 2 is 2.00 bits per heavy atom. The van der Waals surface area contributed by atoms with Crippen LogP contribution in [0, 0.1) is 0 Å². The third-order valence-electron chi connectivity index (χ3n) is 1.21. The van der Waals surface area contributed by atoms with Gasteiger partial charge in [-0.2, -0.15) is 0 Å². The number of rotatable bonds is 0. The Kier molecular flexibility index (Phi) is 1.86. The molecule has 0 spiro atoms. The van der Waals surface area contributed by atoms with E-state index in [-0.39, 0.29) is 0 Å². The van der Waals surface area contributed by atoms with E-state index in [1.54, 1.807) is 0 Å². The minimum Gasteiger partial charge on any atom is -0.411 e. The molecule has 1 fully saturated rings. The van der Waals surface area contributed by atoms with E-state index in [9.17, 15) is 0 Å². The number of hydrogen-bond acceptors (Lipinski definition) is 3. The van der Waals surface area contributed by atoms with Gasteiger partial charge in [0.15, 0.2) is 0 Å². The van der Waals surface area contributed by atoms with E-state index in [0.29, 0.717) is 13.2 Å². The van der Waals surface area contributed by atoms with Gasteiger partial charge in [0.25, 0.3) is 0 Å². The van der Waals surface area contributed by atoms with Gasteiger partial charge in [0.2, 0.25) is 0 Å². The zero-order valence-electron chi connectivity index (χ0n) is 4.63. The Morgan fingerprint density at radius 3 is 2.38 bits per heavy atom. The zero-order chi connectivity index (χ0) is 5.82. The van der Waals surface area contributed by atoms with Crippen LogP contribution in [0.3, 0.4) is 0 Å². The lowest BCUT2D eigenvalue weighted by atomic mass is 10.2. The first-order valence-electron chi connectivity index (χ1n) is 2.71. The fourth-order valence-corrected chi connectivity index (χ4v) is 0.707. The predicted octanol–water partition coefficient (Wildman–Crippen LogP) is 0.627. The summed E-state index contributed by atoms with van der Waals surface area (Å²) >= 11 is 0. The molecular formula is C5H9NO2. The van der Waals surface area contributed by atoms with Crippen molar-refractivity contribution in [1.29, 1.82) is 0 Å². The van der Waals surface area contributed by atoms with E-state index in [0.717, 1.165) is 18.6 Å². The van der Waals surface area contributed by atoms with Gasteiger partial charge in [-0.25, -0.2) is 0 Å². The molecule has 1 heterocycles. The van der Waals surface area contributed by atoms with Crippen molar-refractivity contribution in [3.63, 3.8) is 0 Å². The van der Waals surface area contributed by atoms with Crippen molar-refractivity contribution in [2.45, 2.75) is 12.8 Å². The lowest BCUT2D eigenvalue weighted by Gasteiger charge is -2.10. The van der Waals surface area contributed by atoms with Crippen LogP contribution in [0.15, 0.2) is 5.16 Å². The van der Waals surface area contributed by atoms with Crippen molar-refractivity contribution in [3.05, 3.63) is 0 Å². The molecule has 3 heteroatoms. The van der Waals surface area contributed by atoms with Crippen LogP contribution in [-0.2, 0) is 4.74 Å². The maximum atomic E-state index is 8.22. The van der Waals surface area contributed by atoms with Crippen LogP contribution >= 0.6 is 0 Å². The number of ether oxygens (including phenoxy) is 1. The lowest BCUT2D eigenvalue weighted by molar-refractivity contribution is 0.132. The quantitative estimate of drug-likeness (QED) is 0.371. The smallest absolute Gasteiger partial charge is 0.0616 e. The van der Waals surface area contributed by atoms with Gasteiger partial charge in [-0.05, 0) is 0 Å². The molecule has 0 bridgehead atoms. The van der Waals surface area contributed by atoms with E-state index in [4.69, 9.17) is 9.94 Å². The van der Waals surface area contributed by atoms with Gasteiger partial charge in [-0.3, -0.25) is 0 Å². The van der Waals surface area contributed by atoms with E-state index >= 15 is 0 Å². The summed E-state index contributed by atoms with van der Waals surface area (Å²) in [5, 5.41) is 11.3. The monoisotopic (exact) mass is 115 g/mol. The number of hydrogen-bond donors (Lipinski definition) is 1. The summed E-state index contributed by atoms with van der Waals surface area (Å²) in [6, 6.07) is 0. The first-order valence-corrected chi connectivity index (χ1v) is 2.71. The summed E-state index contributed by atoms with van der Waals surface area (Å²) in [6.07, 6.45) is 1.58. The van der Waals surface area contributed by atoms with E-state index in [1.165, 1.54) is 0 Å². The van der Waals surface area contributed by atoms with Crippen LogP contribution in [-0.4, -0.2) is 24.1 Å². The van der Waals surface area contributed by atoms with Gasteiger partial charge in [-0.1, -0.05) is 5.16 Å². The molecule has 0 atom stereocenters. The summed E-state index contributed by atoms with van der Waals surface area (Å²) in [4.78, 5) is 0. The maximum absolute atomic E-state index is 8.22. The minimum absolute atomic E-state index is 0.708. The first-order chi connectivity index (χ1) is 3.93. The van der Waals surface area contributed by atoms with Crippen LogP contribution in [0.4, 0.5) is 0 Å². The highest BCUT2D eigenvalue weighted by Gasteiger charge is 2.05. The molecule has 1 aliphatic rings. The molecular weight excluding hydrogens is 106 g/mol. The van der Waals surface area contributed by atoms with Crippen molar-refractivity contribution in [1.82, 2.24) is 0 Å². The van der Waals surface area contributed by atoms with Gasteiger partial charge >= 0.3 is 0 Å². The number of oxime groups is 1. The normalized spacial score (nSPS) is 20.8. The molecule has 0 aromatic rings. The van der Waals surface area contributed by atoms with Crippen molar-refractivity contribution < 1.29 is 9.94 Å². The first kappa shape index (κ1) is 5.56. The molecule has 0 aromatic carbocycles. The minimum atomic E-state index is 0.708. The van der Waals surface area contributed by atoms with Gasteiger partial charge < -0.3 is 9.94 Å². The largest absolute Gasteiger partial charge is 0.411 e. The molecule has 1 rings (SSSR count). The molecule has 0 aliphatic carbocycles. The Labute approximate surface area is 48.0 Å². The molecule has 0 aromatic heterocycles. The molecule has 46 valence electrons. The van der Waals surface area contributed by atoms with Crippen molar-refractivity contribution in [3.8, 4) is 0 Å². The fourth-order valence-electron chi connectivity index (χ4n) is 0.707. The third-order valence-corrected chi connectivity index (χ3v) is 1.21. The van der Waals surface area contributed by atoms with Gasteiger partial charge in [0.1, 0.15) is 0 Å². The summed E-state index contributed by atoms with van der Waals surface area (Å²) in [5.74, 6) is 0. The topological polar surface area (TPSA) is 41.8 Å². The fraction of sp³-hybridized carbons (Fsp3) is 0.800. The molecule has 0 amide bonds. The molecule has 1 saturated heterocycles. The Hall–Kier alpha value is -0.570. The molecule has 0 saturated carbocycles. The summed E-state index contributed by atoms with van der Waals surface area (Å²) in [7, 11) is 0. The van der Waals surface area contributed by atoms with E-state index in [2.05, 4.69) is 5.16 Å². The van der Waals surface area contributed by atoms with Crippen molar-refractivity contribution in [2.75, 3.05) is 13.2 Å². The third kappa shape index (κ3) is 1.20. The van der Waals surface area contributed by atoms with Crippen LogP contribution in [0.2, 0.25) is 0 Å². The molecule has 1 aliphatic heterocycles. The molecule has 0 radical (unpaired) electrons. The Morgan fingerprint density at radius 1 is 1.38 bits per heavy atom. The van der Waals surface area contributed by atoms with Gasteiger partial charge in [0.05, 0.1) is 18.9 Å². The summed E-state index contributed by atoms with van der Waals surface area (Å²) in [6.45, 7) is 1.42. The molecule has 3 nitrogen and oxygen atoms in total. The van der Waals surface area contributed by atoms with Gasteiger partial charge in [-0.15, -0.1) is 0 Å². The zero-order valence-corrected chi connectivity index (χ0v) is 4.63. The highest BCUT2D eigenvalue weighted by Crippen LogP contribution is 2.00. The second-order valence-corrected chi connectivity index (χ2v) is 1.78. The van der Waals surface area contributed by atoms with Crippen LogP contribution in [0.1, 0.15) is 12.8 Å². The van der Waals surface area contributed by atoms with E-state index < -0.39 is 0 Å². The molecule has 0 unspecified atom stereocenters. The van der Waals surface area contributed by atoms with Crippen LogP contribution in [0.25, 0.3) is 0 Å². The van der Waals surface area contributed by atoms with Crippen LogP contribution in [0.5, 0.6) is 0 Å². The summed E-state index contributed by atoms with van der Waals surface area (Å²) in [5.41, 5.74) is 0.858. The summed E-state index contributed by atoms with van der Waals surface area (Å²) < 4.78 is 5.01. The average molecular weight is 115 g/mol. The van der Waals surface area contributed by atoms with E-state index in [1.807, 2.05) is 0 Å². The predicted molar refractivity (Wildman–Crippen MR) is 29.3 cm³/mol. The Bertz CT molecular complexity index is 92.6. The standard InChI is InChI=1S/C5H9NO2/c7-6-5-1-3-8-4-2-5/h7H,1-4H2.